The van der Waals surface area contributed by atoms with Crippen LogP contribution in [0, 0.1) is 5.92 Å². The first-order chi connectivity index (χ1) is 9.45. The van der Waals surface area contributed by atoms with Gasteiger partial charge in [0.15, 0.2) is 0 Å². The van der Waals surface area contributed by atoms with E-state index in [9.17, 15) is 9.59 Å². The van der Waals surface area contributed by atoms with Crippen LogP contribution in [0.3, 0.4) is 0 Å². The van der Waals surface area contributed by atoms with Crippen LogP contribution in [-0.2, 0) is 18.3 Å². The predicted octanol–water partition coefficient (Wildman–Crippen LogP) is 0.761. The van der Waals surface area contributed by atoms with Crippen molar-refractivity contribution in [1.29, 1.82) is 0 Å². The minimum absolute atomic E-state index is 0.118. The molecule has 20 heavy (non-hydrogen) atoms. The second kappa shape index (κ2) is 7.52. The van der Waals surface area contributed by atoms with Gasteiger partial charge in [-0.25, -0.2) is 14.6 Å². The van der Waals surface area contributed by atoms with Crippen LogP contribution >= 0.6 is 0 Å². The second-order valence-corrected chi connectivity index (χ2v) is 4.81. The molecule has 1 aromatic heterocycles. The zero-order valence-electron chi connectivity index (χ0n) is 12.1. The van der Waals surface area contributed by atoms with Gasteiger partial charge in [-0.05, 0) is 5.92 Å². The number of aromatic nitrogens is 2. The molecule has 7 nitrogen and oxygen atoms in total. The fourth-order valence-corrected chi connectivity index (χ4v) is 1.80. The lowest BCUT2D eigenvalue weighted by Crippen LogP contribution is -2.49. The standard InChI is InChI=1S/C13H22N4O3/c1-4-9(2)11(12(18)19)16-13(20)15-6-5-10-14-7-8-17(10)3/h7-9,11H,4-6H2,1-3H3,(H,18,19)(H2,15,16,20)/t9?,11-/m0/s1. The summed E-state index contributed by atoms with van der Waals surface area (Å²) in [4.78, 5) is 26.9. The van der Waals surface area contributed by atoms with Crippen molar-refractivity contribution in [3.63, 3.8) is 0 Å². The average molecular weight is 282 g/mol. The number of nitrogens with zero attached hydrogens (tertiary/aromatic N) is 2. The lowest BCUT2D eigenvalue weighted by molar-refractivity contribution is -0.140. The summed E-state index contributed by atoms with van der Waals surface area (Å²) in [5.41, 5.74) is 0. The Morgan fingerprint density at radius 2 is 2.20 bits per heavy atom. The second-order valence-electron chi connectivity index (χ2n) is 4.81. The molecule has 2 atom stereocenters. The molecule has 0 aliphatic heterocycles. The van der Waals surface area contributed by atoms with Gasteiger partial charge in [0.05, 0.1) is 0 Å². The van der Waals surface area contributed by atoms with Gasteiger partial charge >= 0.3 is 12.0 Å². The summed E-state index contributed by atoms with van der Waals surface area (Å²) in [7, 11) is 1.88. The van der Waals surface area contributed by atoms with E-state index in [1.807, 2.05) is 24.7 Å². The van der Waals surface area contributed by atoms with Crippen molar-refractivity contribution in [2.45, 2.75) is 32.7 Å². The maximum atomic E-state index is 11.7. The highest BCUT2D eigenvalue weighted by Gasteiger charge is 2.24. The van der Waals surface area contributed by atoms with Crippen LogP contribution in [0.2, 0.25) is 0 Å². The number of amides is 2. The third-order valence-corrected chi connectivity index (χ3v) is 3.32. The number of imidazole rings is 1. The van der Waals surface area contributed by atoms with E-state index in [-0.39, 0.29) is 5.92 Å². The number of aliphatic carboxylic acids is 1. The Hall–Kier alpha value is -2.05. The lowest BCUT2D eigenvalue weighted by Gasteiger charge is -2.20. The number of urea groups is 1. The third-order valence-electron chi connectivity index (χ3n) is 3.32. The summed E-state index contributed by atoms with van der Waals surface area (Å²) in [5.74, 6) is -0.270. The molecule has 0 spiro atoms. The van der Waals surface area contributed by atoms with Crippen LogP contribution in [0.4, 0.5) is 4.79 Å². The van der Waals surface area contributed by atoms with Crippen molar-refractivity contribution in [2.24, 2.45) is 13.0 Å². The highest BCUT2D eigenvalue weighted by Crippen LogP contribution is 2.07. The Labute approximate surface area is 118 Å². The zero-order chi connectivity index (χ0) is 15.1. The molecule has 0 bridgehead atoms. The summed E-state index contributed by atoms with van der Waals surface area (Å²) in [6.07, 6.45) is 4.81. The van der Waals surface area contributed by atoms with Crippen molar-refractivity contribution < 1.29 is 14.7 Å². The molecule has 0 aromatic carbocycles. The summed E-state index contributed by atoms with van der Waals surface area (Å²) in [6, 6.07) is -1.33. The first kappa shape index (κ1) is 16.0. The van der Waals surface area contributed by atoms with E-state index in [0.29, 0.717) is 19.4 Å². The quantitative estimate of drug-likeness (QED) is 0.688. The predicted molar refractivity (Wildman–Crippen MR) is 74.3 cm³/mol. The SMILES string of the molecule is CCC(C)[C@H](NC(=O)NCCc1nccn1C)C(=O)O. The Morgan fingerprint density at radius 1 is 1.50 bits per heavy atom. The lowest BCUT2D eigenvalue weighted by atomic mass is 9.99. The first-order valence-electron chi connectivity index (χ1n) is 6.69. The molecular weight excluding hydrogens is 260 g/mol. The minimum atomic E-state index is -1.02. The van der Waals surface area contributed by atoms with Gasteiger partial charge in [-0.3, -0.25) is 0 Å². The third kappa shape index (κ3) is 4.56. The number of carbonyl (C=O) groups excluding carboxylic acids is 1. The van der Waals surface area contributed by atoms with Gasteiger partial charge in [0.1, 0.15) is 11.9 Å². The molecule has 0 fully saturated rings. The Kier molecular flexibility index (Phi) is 6.02. The highest BCUT2D eigenvalue weighted by molar-refractivity contribution is 5.82. The van der Waals surface area contributed by atoms with Crippen molar-refractivity contribution in [2.75, 3.05) is 6.54 Å². The van der Waals surface area contributed by atoms with Crippen molar-refractivity contribution in [3.05, 3.63) is 18.2 Å². The van der Waals surface area contributed by atoms with E-state index in [1.54, 1.807) is 13.1 Å². The normalized spacial score (nSPS) is 13.6. The summed E-state index contributed by atoms with van der Waals surface area (Å²) in [5, 5.41) is 14.2. The van der Waals surface area contributed by atoms with E-state index in [2.05, 4.69) is 15.6 Å². The van der Waals surface area contributed by atoms with Gasteiger partial charge < -0.3 is 20.3 Å². The van der Waals surface area contributed by atoms with E-state index in [4.69, 9.17) is 5.11 Å². The molecule has 0 saturated heterocycles. The van der Waals surface area contributed by atoms with E-state index < -0.39 is 18.0 Å². The fraction of sp³-hybridized carbons (Fsp3) is 0.615. The number of rotatable bonds is 7. The average Bonchev–Trinajstić information content (AvgIpc) is 2.80. The van der Waals surface area contributed by atoms with Gasteiger partial charge in [0.2, 0.25) is 0 Å². The monoisotopic (exact) mass is 282 g/mol. The van der Waals surface area contributed by atoms with Crippen molar-refractivity contribution >= 4 is 12.0 Å². The molecule has 1 rings (SSSR count). The van der Waals surface area contributed by atoms with Gasteiger partial charge in [-0.15, -0.1) is 0 Å². The molecule has 1 unspecified atom stereocenters. The van der Waals surface area contributed by atoms with Gasteiger partial charge in [0.25, 0.3) is 0 Å². The van der Waals surface area contributed by atoms with E-state index in [1.165, 1.54) is 0 Å². The largest absolute Gasteiger partial charge is 0.480 e. The number of nitrogens with one attached hydrogen (secondary N) is 2. The number of aryl methyl sites for hydroxylation is 1. The number of carboxylic acids is 1. The highest BCUT2D eigenvalue weighted by atomic mass is 16.4. The Balaban J connectivity index is 2.39. The van der Waals surface area contributed by atoms with E-state index >= 15 is 0 Å². The Bertz CT molecular complexity index is 458. The molecule has 0 aliphatic rings. The number of hydrogen-bond acceptors (Lipinski definition) is 3. The van der Waals surface area contributed by atoms with Crippen molar-refractivity contribution in [1.82, 2.24) is 20.2 Å². The first-order valence-corrected chi connectivity index (χ1v) is 6.69. The fourth-order valence-electron chi connectivity index (χ4n) is 1.80. The van der Waals surface area contributed by atoms with Crippen LogP contribution in [-0.4, -0.2) is 39.2 Å². The molecule has 1 aromatic rings. The number of carbonyl (C=O) groups is 2. The van der Waals surface area contributed by atoms with Crippen LogP contribution in [0.1, 0.15) is 26.1 Å². The molecule has 0 radical (unpaired) electrons. The maximum Gasteiger partial charge on any atom is 0.326 e. The summed E-state index contributed by atoms with van der Waals surface area (Å²) < 4.78 is 1.87. The zero-order valence-corrected chi connectivity index (χ0v) is 12.1. The molecule has 1 heterocycles. The molecule has 7 heteroatoms. The van der Waals surface area contributed by atoms with Gasteiger partial charge in [-0.2, -0.15) is 0 Å². The van der Waals surface area contributed by atoms with Gasteiger partial charge in [0, 0.05) is 32.4 Å². The van der Waals surface area contributed by atoms with Crippen LogP contribution in [0.25, 0.3) is 0 Å². The summed E-state index contributed by atoms with van der Waals surface area (Å²) in [6.45, 7) is 4.09. The van der Waals surface area contributed by atoms with Crippen LogP contribution in [0.5, 0.6) is 0 Å². The number of hydrogen-bond donors (Lipinski definition) is 3. The van der Waals surface area contributed by atoms with Crippen LogP contribution < -0.4 is 10.6 Å². The van der Waals surface area contributed by atoms with Crippen molar-refractivity contribution in [3.8, 4) is 0 Å². The molecule has 0 saturated carbocycles. The van der Waals surface area contributed by atoms with E-state index in [0.717, 1.165) is 5.82 Å². The maximum absolute atomic E-state index is 11.7. The Morgan fingerprint density at radius 3 is 2.70 bits per heavy atom. The molecule has 2 amide bonds. The molecule has 112 valence electrons. The van der Waals surface area contributed by atoms with Crippen LogP contribution in [0.15, 0.2) is 12.4 Å². The molecule has 0 aliphatic carbocycles. The number of carboxylic acid groups (broad SMARTS) is 1. The van der Waals surface area contributed by atoms with Gasteiger partial charge in [-0.1, -0.05) is 20.3 Å². The summed E-state index contributed by atoms with van der Waals surface area (Å²) >= 11 is 0. The topological polar surface area (TPSA) is 96.3 Å². The molecule has 3 N–H and O–H groups in total. The molecular formula is C13H22N4O3. The smallest absolute Gasteiger partial charge is 0.326 e. The minimum Gasteiger partial charge on any atom is -0.480 e.